The van der Waals surface area contributed by atoms with Gasteiger partial charge in [-0.15, -0.1) is 10.2 Å². The lowest BCUT2D eigenvalue weighted by Gasteiger charge is -2.36. The van der Waals surface area contributed by atoms with Crippen molar-refractivity contribution < 1.29 is 9.59 Å². The normalized spacial score (nSPS) is 19.1. The average molecular weight is 488 g/mol. The minimum atomic E-state index is -0.153. The predicted molar refractivity (Wildman–Crippen MR) is 126 cm³/mol. The van der Waals surface area contributed by atoms with Gasteiger partial charge in [0.25, 0.3) is 0 Å². The van der Waals surface area contributed by atoms with Gasteiger partial charge in [0, 0.05) is 40.8 Å². The quantitative estimate of drug-likeness (QED) is 0.322. The Bertz CT molecular complexity index is 1170. The molecule has 1 aromatic carbocycles. The lowest BCUT2D eigenvalue weighted by atomic mass is 9.78. The minimum Gasteiger partial charge on any atom is -0.294 e. The third kappa shape index (κ3) is 4.09. The molecular formula is C22H18ClN3O2S3. The zero-order valence-electron chi connectivity index (χ0n) is 16.4. The van der Waals surface area contributed by atoms with Gasteiger partial charge in [-0.1, -0.05) is 52.9 Å². The van der Waals surface area contributed by atoms with Crippen LogP contribution < -0.4 is 4.90 Å². The molecule has 2 aliphatic rings. The monoisotopic (exact) mass is 487 g/mol. The van der Waals surface area contributed by atoms with Crippen molar-refractivity contribution >= 4 is 62.9 Å². The average Bonchev–Trinajstić information content (AvgIpc) is 3.45. The first-order valence-corrected chi connectivity index (χ1v) is 13.0. The molecule has 1 atom stereocenters. The number of thiophene rings is 1. The highest BCUT2D eigenvalue weighted by molar-refractivity contribution is 8.00. The van der Waals surface area contributed by atoms with Crippen molar-refractivity contribution in [3.05, 3.63) is 68.5 Å². The predicted octanol–water partition coefficient (Wildman–Crippen LogP) is 6.07. The molecule has 9 heteroatoms. The third-order valence-corrected chi connectivity index (χ3v) is 8.68. The van der Waals surface area contributed by atoms with Gasteiger partial charge in [0.2, 0.25) is 11.0 Å². The summed E-state index contributed by atoms with van der Waals surface area (Å²) in [5, 5.41) is 13.9. The Labute approximate surface area is 197 Å². The Morgan fingerprint density at radius 3 is 2.84 bits per heavy atom. The van der Waals surface area contributed by atoms with Crippen LogP contribution in [0.1, 0.15) is 42.7 Å². The van der Waals surface area contributed by atoms with E-state index in [4.69, 9.17) is 11.6 Å². The summed E-state index contributed by atoms with van der Waals surface area (Å²) in [7, 11) is 0. The third-order valence-electron chi connectivity index (χ3n) is 5.52. The zero-order valence-corrected chi connectivity index (χ0v) is 19.6. The molecule has 0 spiro atoms. The van der Waals surface area contributed by atoms with Crippen LogP contribution >= 0.6 is 46.0 Å². The van der Waals surface area contributed by atoms with Crippen molar-refractivity contribution in [3.63, 3.8) is 0 Å². The number of allylic oxidation sites excluding steroid dienone is 2. The Balaban J connectivity index is 1.44. The van der Waals surface area contributed by atoms with Gasteiger partial charge in [-0.2, -0.15) is 11.3 Å². The molecule has 0 radical (unpaired) electrons. The topological polar surface area (TPSA) is 63.2 Å². The lowest BCUT2D eigenvalue weighted by Crippen LogP contribution is -2.40. The second-order valence-electron chi connectivity index (χ2n) is 7.41. The van der Waals surface area contributed by atoms with E-state index < -0.39 is 0 Å². The smallest absolute Gasteiger partial charge is 0.234 e. The molecule has 0 unspecified atom stereocenters. The van der Waals surface area contributed by atoms with E-state index in [-0.39, 0.29) is 24.0 Å². The number of rotatable bonds is 5. The maximum atomic E-state index is 13.2. The van der Waals surface area contributed by atoms with E-state index in [1.54, 1.807) is 28.0 Å². The number of aromatic nitrogens is 2. The molecule has 0 N–H and O–H groups in total. The highest BCUT2D eigenvalue weighted by atomic mass is 35.5. The molecule has 0 fully saturated rings. The fourth-order valence-corrected chi connectivity index (χ4v) is 6.96. The second kappa shape index (κ2) is 8.86. The molecule has 158 valence electrons. The van der Waals surface area contributed by atoms with E-state index in [9.17, 15) is 9.59 Å². The minimum absolute atomic E-state index is 0.0246. The molecule has 31 heavy (non-hydrogen) atoms. The number of ketones is 1. The summed E-state index contributed by atoms with van der Waals surface area (Å²) in [4.78, 5) is 27.7. The molecule has 2 aromatic heterocycles. The number of halogens is 1. The number of nitrogens with zero attached hydrogens (tertiary/aromatic N) is 3. The highest BCUT2D eigenvalue weighted by Crippen LogP contribution is 2.45. The van der Waals surface area contributed by atoms with Crippen LogP contribution in [-0.4, -0.2) is 21.9 Å². The molecule has 1 amide bonds. The van der Waals surface area contributed by atoms with Gasteiger partial charge in [-0.05, 0) is 46.9 Å². The maximum absolute atomic E-state index is 13.2. The molecule has 0 saturated heterocycles. The highest BCUT2D eigenvalue weighted by Gasteiger charge is 2.41. The summed E-state index contributed by atoms with van der Waals surface area (Å²) in [5.74, 6) is 0.644. The zero-order chi connectivity index (χ0) is 21.4. The fourth-order valence-electron chi connectivity index (χ4n) is 4.08. The summed E-state index contributed by atoms with van der Waals surface area (Å²) in [5.41, 5.74) is 3.67. The standard InChI is InChI=1S/C22H18ClN3O2S3/c23-16-5-2-1-4-14(16)12-30-22-25-24-21(31-22)26-17-6-3-7-18(27)20(17)15(10-19(26)28)13-8-9-29-11-13/h1-2,4-5,8-9,11,15H,3,6-7,10,12H2/t15-/m1/s1. The number of carbonyl (C=O) groups is 2. The maximum Gasteiger partial charge on any atom is 0.234 e. The van der Waals surface area contributed by atoms with Crippen LogP contribution in [0.25, 0.3) is 0 Å². The Hall–Kier alpha value is -2.00. The molecule has 3 aromatic rings. The summed E-state index contributed by atoms with van der Waals surface area (Å²) >= 11 is 10.8. The van der Waals surface area contributed by atoms with Crippen LogP contribution in [0.4, 0.5) is 5.13 Å². The lowest BCUT2D eigenvalue weighted by molar-refractivity contribution is -0.119. The first-order chi connectivity index (χ1) is 15.1. The number of hydrogen-bond acceptors (Lipinski definition) is 7. The van der Waals surface area contributed by atoms with Gasteiger partial charge < -0.3 is 0 Å². The largest absolute Gasteiger partial charge is 0.294 e. The van der Waals surface area contributed by atoms with E-state index in [1.807, 2.05) is 41.1 Å². The summed E-state index contributed by atoms with van der Waals surface area (Å²) in [6.45, 7) is 0. The Kier molecular flexibility index (Phi) is 5.97. The number of thioether (sulfide) groups is 1. The molecule has 0 bridgehead atoms. The van der Waals surface area contributed by atoms with Crippen molar-refractivity contribution in [3.8, 4) is 0 Å². The molecular weight excluding hydrogens is 470 g/mol. The molecule has 5 nitrogen and oxygen atoms in total. The molecule has 5 rings (SSSR count). The van der Waals surface area contributed by atoms with Crippen LogP contribution in [0.2, 0.25) is 5.02 Å². The Morgan fingerprint density at radius 2 is 2.03 bits per heavy atom. The van der Waals surface area contributed by atoms with Gasteiger partial charge in [0.15, 0.2) is 10.1 Å². The van der Waals surface area contributed by atoms with Crippen LogP contribution in [0.5, 0.6) is 0 Å². The Morgan fingerprint density at radius 1 is 1.16 bits per heavy atom. The number of benzene rings is 1. The van der Waals surface area contributed by atoms with Gasteiger partial charge >= 0.3 is 0 Å². The fraction of sp³-hybridized carbons (Fsp3) is 0.273. The van der Waals surface area contributed by atoms with Gasteiger partial charge in [-0.3, -0.25) is 14.5 Å². The van der Waals surface area contributed by atoms with Crippen LogP contribution in [0.15, 0.2) is 56.7 Å². The molecule has 0 saturated carbocycles. The van der Waals surface area contributed by atoms with Crippen molar-refractivity contribution in [1.29, 1.82) is 0 Å². The molecule has 3 heterocycles. The SMILES string of the molecule is O=C1CCCC2=C1[C@@H](c1ccsc1)CC(=O)N2c1nnc(SCc2ccccc2Cl)s1. The van der Waals surface area contributed by atoms with Gasteiger partial charge in [0.1, 0.15) is 0 Å². The summed E-state index contributed by atoms with van der Waals surface area (Å²) < 4.78 is 0.770. The van der Waals surface area contributed by atoms with Crippen molar-refractivity contribution in [1.82, 2.24) is 10.2 Å². The van der Waals surface area contributed by atoms with E-state index >= 15 is 0 Å². The van der Waals surface area contributed by atoms with Crippen molar-refractivity contribution in [2.75, 3.05) is 4.90 Å². The number of amides is 1. The second-order valence-corrected chi connectivity index (χ2v) is 10.8. The first kappa shape index (κ1) is 20.9. The van der Waals surface area contributed by atoms with Crippen LogP contribution in [0, 0.1) is 0 Å². The van der Waals surface area contributed by atoms with E-state index in [0.29, 0.717) is 23.7 Å². The van der Waals surface area contributed by atoms with Gasteiger partial charge in [0.05, 0.1) is 0 Å². The van der Waals surface area contributed by atoms with Crippen LogP contribution in [-0.2, 0) is 15.3 Å². The molecule has 1 aliphatic heterocycles. The summed E-state index contributed by atoms with van der Waals surface area (Å²) in [6, 6.07) is 9.73. The van der Waals surface area contributed by atoms with E-state index in [0.717, 1.165) is 38.2 Å². The van der Waals surface area contributed by atoms with Crippen LogP contribution in [0.3, 0.4) is 0 Å². The van der Waals surface area contributed by atoms with Crippen molar-refractivity contribution in [2.24, 2.45) is 0 Å². The van der Waals surface area contributed by atoms with Gasteiger partial charge in [-0.25, -0.2) is 0 Å². The first-order valence-electron chi connectivity index (χ1n) is 9.93. The van der Waals surface area contributed by atoms with E-state index in [2.05, 4.69) is 10.2 Å². The number of Topliss-reactive ketones (excluding diaryl/α,β-unsaturated/α-hetero) is 1. The van der Waals surface area contributed by atoms with Crippen molar-refractivity contribution in [2.45, 2.75) is 41.7 Å². The number of anilines is 1. The molecule has 1 aliphatic carbocycles. The number of hydrogen-bond donors (Lipinski definition) is 0. The summed E-state index contributed by atoms with van der Waals surface area (Å²) in [6.07, 6.45) is 2.28. The van der Waals surface area contributed by atoms with E-state index in [1.165, 1.54) is 11.3 Å². The number of carbonyl (C=O) groups excluding carboxylic acids is 2.